The molecule has 1 heterocycles. The van der Waals surface area contributed by atoms with Gasteiger partial charge in [-0.3, -0.25) is 4.90 Å². The van der Waals surface area contributed by atoms with Gasteiger partial charge in [0.15, 0.2) is 0 Å². The van der Waals surface area contributed by atoms with Crippen LogP contribution < -0.4 is 10.2 Å². The summed E-state index contributed by atoms with van der Waals surface area (Å²) in [6, 6.07) is 21.5. The van der Waals surface area contributed by atoms with Crippen LogP contribution in [-0.4, -0.2) is 39.7 Å². The average molecular weight is 539 g/mol. The summed E-state index contributed by atoms with van der Waals surface area (Å²) >= 11 is 0. The second kappa shape index (κ2) is 12.4. The number of fused-ring (bicyclic) bond motifs is 1. The number of nitrogens with one attached hydrogen (secondary N) is 1. The van der Waals surface area contributed by atoms with E-state index in [9.17, 15) is 14.7 Å². The molecule has 4 aromatic rings. The van der Waals surface area contributed by atoms with Gasteiger partial charge in [0.25, 0.3) is 0 Å². The first kappa shape index (κ1) is 27.4. The molecule has 5 rings (SSSR count). The summed E-state index contributed by atoms with van der Waals surface area (Å²) in [5, 5.41) is 12.5. The lowest BCUT2D eigenvalue weighted by molar-refractivity contribution is 0.0697. The molecule has 0 atom stereocenters. The van der Waals surface area contributed by atoms with Gasteiger partial charge in [-0.05, 0) is 60.2 Å². The Labute approximate surface area is 235 Å². The molecule has 1 aliphatic rings. The summed E-state index contributed by atoms with van der Waals surface area (Å²) in [6.07, 6.45) is 8.57. The standard InChI is InChI=1S/C33H38N4O3/c1-3-4-14-31-35-29-20-19-26(37(33(40)34-2)25-10-6-5-7-11-25)21-30(29)36(31)22-23-15-17-24(18-16-23)27-12-8-9-13-28(27)32(38)39/h8-9,12-13,15-21,25H,3-7,10-11,14,22H2,1-2H3,(H,34,40)(H,38,39). The molecule has 0 radical (unpaired) electrons. The smallest absolute Gasteiger partial charge is 0.336 e. The van der Waals surface area contributed by atoms with Gasteiger partial charge in [-0.1, -0.05) is 75.1 Å². The van der Waals surface area contributed by atoms with Gasteiger partial charge in [0.05, 0.1) is 16.6 Å². The highest BCUT2D eigenvalue weighted by Gasteiger charge is 2.27. The molecule has 3 aromatic carbocycles. The van der Waals surface area contributed by atoms with Crippen LogP contribution >= 0.6 is 0 Å². The van der Waals surface area contributed by atoms with Crippen LogP contribution in [0.4, 0.5) is 10.5 Å². The molecule has 1 fully saturated rings. The van der Waals surface area contributed by atoms with Crippen molar-refractivity contribution in [3.8, 4) is 11.1 Å². The average Bonchev–Trinajstić information content (AvgIpc) is 3.33. The molecule has 0 bridgehead atoms. The largest absolute Gasteiger partial charge is 0.478 e. The number of unbranched alkanes of at least 4 members (excludes halogenated alkanes) is 1. The molecule has 208 valence electrons. The summed E-state index contributed by atoms with van der Waals surface area (Å²) in [5.74, 6) is 0.110. The van der Waals surface area contributed by atoms with Crippen molar-refractivity contribution < 1.29 is 14.7 Å². The zero-order valence-corrected chi connectivity index (χ0v) is 23.4. The van der Waals surface area contributed by atoms with Gasteiger partial charge in [0.2, 0.25) is 0 Å². The first-order valence-electron chi connectivity index (χ1n) is 14.4. The number of carboxylic acids is 1. The van der Waals surface area contributed by atoms with Crippen LogP contribution in [0.2, 0.25) is 0 Å². The van der Waals surface area contributed by atoms with Crippen LogP contribution in [0.25, 0.3) is 22.2 Å². The number of urea groups is 1. The van der Waals surface area contributed by atoms with Crippen molar-refractivity contribution >= 4 is 28.7 Å². The van der Waals surface area contributed by atoms with E-state index < -0.39 is 5.97 Å². The minimum atomic E-state index is -0.931. The number of aromatic carboxylic acids is 1. The van der Waals surface area contributed by atoms with E-state index in [0.717, 1.165) is 78.6 Å². The fraction of sp³-hybridized carbons (Fsp3) is 0.364. The molecule has 0 saturated heterocycles. The molecule has 0 spiro atoms. The maximum atomic E-state index is 13.0. The number of carbonyl (C=O) groups excluding carboxylic acids is 1. The molecule has 7 heteroatoms. The Morgan fingerprint density at radius 2 is 1.77 bits per heavy atom. The summed E-state index contributed by atoms with van der Waals surface area (Å²) in [5.41, 5.74) is 5.84. The lowest BCUT2D eigenvalue weighted by Crippen LogP contribution is -2.46. The highest BCUT2D eigenvalue weighted by atomic mass is 16.4. The van der Waals surface area contributed by atoms with E-state index in [-0.39, 0.29) is 12.1 Å². The summed E-state index contributed by atoms with van der Waals surface area (Å²) in [6.45, 7) is 2.83. The third-order valence-corrected chi connectivity index (χ3v) is 7.98. The van der Waals surface area contributed by atoms with Crippen molar-refractivity contribution in [1.29, 1.82) is 0 Å². The predicted molar refractivity (Wildman–Crippen MR) is 160 cm³/mol. The number of amides is 2. The van der Waals surface area contributed by atoms with E-state index in [0.29, 0.717) is 17.7 Å². The maximum absolute atomic E-state index is 13.0. The molecule has 40 heavy (non-hydrogen) atoms. The van der Waals surface area contributed by atoms with Crippen LogP contribution in [0.15, 0.2) is 66.7 Å². The van der Waals surface area contributed by atoms with Gasteiger partial charge in [-0.2, -0.15) is 0 Å². The highest BCUT2D eigenvalue weighted by Crippen LogP contribution is 2.31. The molecule has 1 aliphatic carbocycles. The number of rotatable bonds is 9. The van der Waals surface area contributed by atoms with Crippen molar-refractivity contribution in [2.45, 2.75) is 70.9 Å². The first-order valence-corrected chi connectivity index (χ1v) is 14.4. The minimum Gasteiger partial charge on any atom is -0.478 e. The number of hydrogen-bond acceptors (Lipinski definition) is 3. The van der Waals surface area contributed by atoms with E-state index in [4.69, 9.17) is 4.98 Å². The number of aromatic nitrogens is 2. The van der Waals surface area contributed by atoms with Crippen molar-refractivity contribution in [2.24, 2.45) is 0 Å². The van der Waals surface area contributed by atoms with Crippen molar-refractivity contribution in [2.75, 3.05) is 11.9 Å². The zero-order chi connectivity index (χ0) is 28.1. The van der Waals surface area contributed by atoms with Gasteiger partial charge < -0.3 is 15.0 Å². The van der Waals surface area contributed by atoms with E-state index in [1.807, 2.05) is 41.3 Å². The minimum absolute atomic E-state index is 0.0687. The second-order valence-electron chi connectivity index (χ2n) is 10.7. The van der Waals surface area contributed by atoms with Crippen molar-refractivity contribution in [1.82, 2.24) is 14.9 Å². The number of hydrogen-bond donors (Lipinski definition) is 2. The van der Waals surface area contributed by atoms with Crippen molar-refractivity contribution in [3.63, 3.8) is 0 Å². The van der Waals surface area contributed by atoms with E-state index in [1.54, 1.807) is 19.2 Å². The SMILES string of the molecule is CCCCc1nc2ccc(N(C(=O)NC)C3CCCCC3)cc2n1Cc1ccc(-c2ccccc2C(=O)O)cc1. The number of carbonyl (C=O) groups is 2. The number of imidazole rings is 1. The van der Waals surface area contributed by atoms with Crippen LogP contribution in [0.1, 0.15) is 73.6 Å². The lowest BCUT2D eigenvalue weighted by atomic mass is 9.94. The summed E-state index contributed by atoms with van der Waals surface area (Å²) < 4.78 is 2.28. The van der Waals surface area contributed by atoms with E-state index >= 15 is 0 Å². The Hall–Kier alpha value is -4.13. The van der Waals surface area contributed by atoms with E-state index in [1.165, 1.54) is 6.42 Å². The van der Waals surface area contributed by atoms with Crippen LogP contribution in [0, 0.1) is 0 Å². The highest BCUT2D eigenvalue weighted by molar-refractivity contribution is 5.96. The summed E-state index contributed by atoms with van der Waals surface area (Å²) in [7, 11) is 1.70. The molecule has 1 saturated carbocycles. The molecule has 0 unspecified atom stereocenters. The Balaban J connectivity index is 1.51. The summed E-state index contributed by atoms with van der Waals surface area (Å²) in [4.78, 5) is 31.7. The Morgan fingerprint density at radius 1 is 1.02 bits per heavy atom. The lowest BCUT2D eigenvalue weighted by Gasteiger charge is -2.34. The van der Waals surface area contributed by atoms with Crippen LogP contribution in [0.3, 0.4) is 0 Å². The van der Waals surface area contributed by atoms with Crippen LogP contribution in [-0.2, 0) is 13.0 Å². The van der Waals surface area contributed by atoms with Gasteiger partial charge >= 0.3 is 12.0 Å². The van der Waals surface area contributed by atoms with Gasteiger partial charge in [0, 0.05) is 31.7 Å². The first-order chi connectivity index (χ1) is 19.5. The van der Waals surface area contributed by atoms with Gasteiger partial charge in [-0.15, -0.1) is 0 Å². The predicted octanol–water partition coefficient (Wildman–Crippen LogP) is 7.27. The fourth-order valence-corrected chi connectivity index (χ4v) is 5.86. The molecule has 2 amide bonds. The number of benzene rings is 3. The third-order valence-electron chi connectivity index (χ3n) is 7.98. The number of anilines is 1. The monoisotopic (exact) mass is 538 g/mol. The topological polar surface area (TPSA) is 87.5 Å². The molecule has 1 aromatic heterocycles. The molecule has 2 N–H and O–H groups in total. The maximum Gasteiger partial charge on any atom is 0.336 e. The number of aryl methyl sites for hydroxylation is 1. The Morgan fingerprint density at radius 3 is 2.48 bits per heavy atom. The molecule has 7 nitrogen and oxygen atoms in total. The van der Waals surface area contributed by atoms with Gasteiger partial charge in [-0.25, -0.2) is 14.6 Å². The van der Waals surface area contributed by atoms with Crippen LogP contribution in [0.5, 0.6) is 0 Å². The molecular weight excluding hydrogens is 500 g/mol. The van der Waals surface area contributed by atoms with Crippen molar-refractivity contribution in [3.05, 3.63) is 83.7 Å². The van der Waals surface area contributed by atoms with Gasteiger partial charge in [0.1, 0.15) is 5.82 Å². The third kappa shape index (κ3) is 5.74. The molecule has 0 aliphatic heterocycles. The second-order valence-corrected chi connectivity index (χ2v) is 10.7. The molecular formula is C33H38N4O3. The fourth-order valence-electron chi connectivity index (χ4n) is 5.86. The Bertz CT molecular complexity index is 1490. The number of carboxylic acid groups (broad SMARTS) is 1. The Kier molecular flexibility index (Phi) is 8.48. The zero-order valence-electron chi connectivity index (χ0n) is 23.4. The normalized spacial score (nSPS) is 13.8. The quantitative estimate of drug-likeness (QED) is 0.235. The van der Waals surface area contributed by atoms with E-state index in [2.05, 4.69) is 35.0 Å². The number of nitrogens with zero attached hydrogens (tertiary/aromatic N) is 3.